The first-order valence-electron chi connectivity index (χ1n) is 7.78. The smallest absolute Gasteiger partial charge is 0.326 e. The van der Waals surface area contributed by atoms with E-state index in [-0.39, 0.29) is 0 Å². The molecule has 0 bridgehead atoms. The number of thiazole rings is 1. The van der Waals surface area contributed by atoms with Crippen molar-refractivity contribution in [1.29, 1.82) is 0 Å². The van der Waals surface area contributed by atoms with E-state index in [0.717, 1.165) is 21.3 Å². The molecule has 128 valence electrons. The minimum atomic E-state index is -0.432. The van der Waals surface area contributed by atoms with E-state index in [1.165, 1.54) is 11.3 Å². The van der Waals surface area contributed by atoms with Crippen molar-refractivity contribution in [2.75, 3.05) is 16.4 Å². The number of benzene rings is 1. The second kappa shape index (κ2) is 6.77. The number of hydrogen-bond acceptors (Lipinski definition) is 6. The Kier molecular flexibility index (Phi) is 4.16. The number of carbonyl (C=O) groups excluding carboxylic acids is 1. The summed E-state index contributed by atoms with van der Waals surface area (Å²) in [5.41, 5.74) is 6.90. The average molecular weight is 362 g/mol. The number of pyridine rings is 2. The number of nitrogen functional groups attached to an aromatic ring is 1. The number of nitrogens with two attached hydrogens (primary N) is 1. The van der Waals surface area contributed by atoms with Gasteiger partial charge < -0.3 is 5.73 Å². The first kappa shape index (κ1) is 16.0. The van der Waals surface area contributed by atoms with Crippen LogP contribution < -0.4 is 16.4 Å². The van der Waals surface area contributed by atoms with Gasteiger partial charge in [-0.25, -0.2) is 14.8 Å². The van der Waals surface area contributed by atoms with Crippen molar-refractivity contribution >= 4 is 45.6 Å². The molecule has 0 aliphatic rings. The number of nitrogens with one attached hydrogen (secondary N) is 2. The number of rotatable bonds is 3. The Hall–Kier alpha value is -3.52. The topological polar surface area (TPSA) is 106 Å². The molecule has 0 aliphatic carbocycles. The maximum absolute atomic E-state index is 12.2. The molecule has 4 N–H and O–H groups in total. The molecule has 7 nitrogen and oxygen atoms in total. The quantitative estimate of drug-likeness (QED) is 0.511. The summed E-state index contributed by atoms with van der Waals surface area (Å²) in [7, 11) is 0. The molecule has 4 aromatic rings. The molecule has 4 rings (SSSR count). The van der Waals surface area contributed by atoms with Gasteiger partial charge in [0.25, 0.3) is 0 Å². The van der Waals surface area contributed by atoms with E-state index < -0.39 is 6.03 Å². The van der Waals surface area contributed by atoms with Crippen molar-refractivity contribution in [3.05, 3.63) is 60.2 Å². The van der Waals surface area contributed by atoms with Gasteiger partial charge in [0.05, 0.1) is 0 Å². The van der Waals surface area contributed by atoms with Crippen molar-refractivity contribution in [2.45, 2.75) is 0 Å². The zero-order valence-corrected chi connectivity index (χ0v) is 14.3. The molecule has 0 aliphatic heterocycles. The van der Waals surface area contributed by atoms with Gasteiger partial charge in [-0.05, 0) is 23.6 Å². The molecule has 2 amide bonds. The summed E-state index contributed by atoms with van der Waals surface area (Å²) in [4.78, 5) is 24.8. The van der Waals surface area contributed by atoms with Crippen molar-refractivity contribution in [2.24, 2.45) is 0 Å². The maximum Gasteiger partial charge on any atom is 0.326 e. The van der Waals surface area contributed by atoms with Gasteiger partial charge in [0, 0.05) is 28.7 Å². The number of nitrogens with zero attached hydrogens (tertiary/aromatic N) is 3. The lowest BCUT2D eigenvalue weighted by Gasteiger charge is -2.08. The van der Waals surface area contributed by atoms with Crippen molar-refractivity contribution in [3.63, 3.8) is 0 Å². The number of aromatic nitrogens is 3. The fraction of sp³-hybridized carbons (Fsp3) is 0. The van der Waals surface area contributed by atoms with Crippen LogP contribution in [-0.4, -0.2) is 21.0 Å². The Morgan fingerprint density at radius 3 is 2.62 bits per heavy atom. The van der Waals surface area contributed by atoms with E-state index in [2.05, 4.69) is 25.6 Å². The molecule has 0 unspecified atom stereocenters. The van der Waals surface area contributed by atoms with E-state index in [1.807, 2.05) is 36.4 Å². The highest BCUT2D eigenvalue weighted by Gasteiger charge is 2.10. The first-order chi connectivity index (χ1) is 12.7. The molecule has 3 heterocycles. The maximum atomic E-state index is 12.2. The standard InChI is InChI=1S/C18H14N6OS/c19-16-13-4-2-1-3-12(13)9-14(21-16)23-18(25)24-15-10-26-17(22-15)11-5-7-20-8-6-11/h1-10H,(H4,19,21,23,24,25). The molecule has 0 saturated carbocycles. The predicted molar refractivity (Wildman–Crippen MR) is 104 cm³/mol. The van der Waals surface area contributed by atoms with Crippen LogP contribution in [0.1, 0.15) is 0 Å². The van der Waals surface area contributed by atoms with Crippen molar-refractivity contribution in [1.82, 2.24) is 15.0 Å². The average Bonchev–Trinajstić information content (AvgIpc) is 3.11. The Bertz CT molecular complexity index is 1080. The number of anilines is 3. The van der Waals surface area contributed by atoms with Gasteiger partial charge in [0.1, 0.15) is 22.5 Å². The lowest BCUT2D eigenvalue weighted by Crippen LogP contribution is -2.20. The van der Waals surface area contributed by atoms with Gasteiger partial charge in [-0.3, -0.25) is 15.6 Å². The molecule has 0 fully saturated rings. The highest BCUT2D eigenvalue weighted by Crippen LogP contribution is 2.26. The predicted octanol–water partition coefficient (Wildman–Crippen LogP) is 3.98. The molecule has 0 atom stereocenters. The van der Waals surface area contributed by atoms with E-state index in [9.17, 15) is 4.79 Å². The van der Waals surface area contributed by atoms with Crippen LogP contribution in [0.15, 0.2) is 60.2 Å². The van der Waals surface area contributed by atoms with Gasteiger partial charge in [0.2, 0.25) is 0 Å². The van der Waals surface area contributed by atoms with Crippen LogP contribution in [-0.2, 0) is 0 Å². The molecule has 1 aromatic carbocycles. The Labute approximate surface area is 152 Å². The number of carbonyl (C=O) groups is 1. The summed E-state index contributed by atoms with van der Waals surface area (Å²) >= 11 is 1.44. The molecule has 3 aromatic heterocycles. The number of urea groups is 1. The Morgan fingerprint density at radius 1 is 1.00 bits per heavy atom. The van der Waals surface area contributed by atoms with E-state index in [4.69, 9.17) is 5.73 Å². The van der Waals surface area contributed by atoms with Gasteiger partial charge in [-0.2, -0.15) is 0 Å². The first-order valence-corrected chi connectivity index (χ1v) is 8.66. The summed E-state index contributed by atoms with van der Waals surface area (Å²) in [6.07, 6.45) is 3.40. The summed E-state index contributed by atoms with van der Waals surface area (Å²) in [6.45, 7) is 0. The van der Waals surface area contributed by atoms with E-state index >= 15 is 0 Å². The Balaban J connectivity index is 1.49. The number of fused-ring (bicyclic) bond motifs is 1. The fourth-order valence-corrected chi connectivity index (χ4v) is 3.27. The molecular weight excluding hydrogens is 348 g/mol. The van der Waals surface area contributed by atoms with Crippen LogP contribution in [0.2, 0.25) is 0 Å². The molecular formula is C18H14N6OS. The third kappa shape index (κ3) is 3.31. The summed E-state index contributed by atoms with van der Waals surface area (Å²) in [6, 6.07) is 12.7. The molecule has 0 radical (unpaired) electrons. The summed E-state index contributed by atoms with van der Waals surface area (Å²) in [5, 5.41) is 9.72. The minimum Gasteiger partial charge on any atom is -0.383 e. The minimum absolute atomic E-state index is 0.368. The molecule has 0 spiro atoms. The second-order valence-corrected chi connectivity index (χ2v) is 6.32. The fourth-order valence-electron chi connectivity index (χ4n) is 2.51. The normalized spacial score (nSPS) is 10.6. The van der Waals surface area contributed by atoms with Crippen LogP contribution in [0.5, 0.6) is 0 Å². The van der Waals surface area contributed by atoms with Gasteiger partial charge in [-0.15, -0.1) is 11.3 Å². The van der Waals surface area contributed by atoms with Crippen LogP contribution in [0.25, 0.3) is 21.3 Å². The summed E-state index contributed by atoms with van der Waals surface area (Å²) < 4.78 is 0. The van der Waals surface area contributed by atoms with Crippen LogP contribution in [0.3, 0.4) is 0 Å². The lowest BCUT2D eigenvalue weighted by atomic mass is 10.1. The van der Waals surface area contributed by atoms with Crippen LogP contribution >= 0.6 is 11.3 Å². The summed E-state index contributed by atoms with van der Waals surface area (Å²) in [5.74, 6) is 1.21. The third-order valence-corrected chi connectivity index (χ3v) is 4.58. The van der Waals surface area contributed by atoms with E-state index in [1.54, 1.807) is 23.8 Å². The van der Waals surface area contributed by atoms with Gasteiger partial charge >= 0.3 is 6.03 Å². The largest absolute Gasteiger partial charge is 0.383 e. The van der Waals surface area contributed by atoms with E-state index in [0.29, 0.717) is 17.5 Å². The third-order valence-electron chi connectivity index (χ3n) is 3.68. The zero-order chi connectivity index (χ0) is 17.9. The number of amides is 2. The lowest BCUT2D eigenvalue weighted by molar-refractivity contribution is 0.262. The molecule has 0 saturated heterocycles. The van der Waals surface area contributed by atoms with Crippen LogP contribution in [0.4, 0.5) is 22.2 Å². The van der Waals surface area contributed by atoms with Gasteiger partial charge in [0.15, 0.2) is 0 Å². The molecule has 26 heavy (non-hydrogen) atoms. The van der Waals surface area contributed by atoms with Crippen LogP contribution in [0, 0.1) is 0 Å². The van der Waals surface area contributed by atoms with Crippen molar-refractivity contribution in [3.8, 4) is 10.6 Å². The highest BCUT2D eigenvalue weighted by molar-refractivity contribution is 7.13. The molecule has 8 heteroatoms. The monoisotopic (exact) mass is 362 g/mol. The second-order valence-electron chi connectivity index (χ2n) is 5.47. The van der Waals surface area contributed by atoms with Crippen molar-refractivity contribution < 1.29 is 4.79 Å². The zero-order valence-electron chi connectivity index (χ0n) is 13.5. The SMILES string of the molecule is Nc1nc(NC(=O)Nc2csc(-c3ccncc3)n2)cc2ccccc12. The highest BCUT2D eigenvalue weighted by atomic mass is 32.1. The van der Waals surface area contributed by atoms with Gasteiger partial charge in [-0.1, -0.05) is 24.3 Å². The Morgan fingerprint density at radius 2 is 1.77 bits per heavy atom. The number of hydrogen-bond donors (Lipinski definition) is 3.